The Hall–Kier alpha value is -0.270. The van der Waals surface area contributed by atoms with E-state index < -0.39 is 37.4 Å². The molecular weight excluding hydrogens is 183 g/mol. The van der Waals surface area contributed by atoms with Crippen LogP contribution in [0.4, 0.5) is 4.39 Å². The summed E-state index contributed by atoms with van der Waals surface area (Å²) in [4.78, 5) is 0. The molecule has 1 fully saturated rings. The largest absolute Gasteiger partial charge is 0.394 e. The molecule has 1 heterocycles. The van der Waals surface area contributed by atoms with Gasteiger partial charge in [0.05, 0.1) is 6.61 Å². The molecule has 78 valence electrons. The molecule has 13 heavy (non-hydrogen) atoms. The molecular formula is C7H13FO5. The number of methoxy groups -OCH3 is 1. The van der Waals surface area contributed by atoms with E-state index in [0.29, 0.717) is 0 Å². The van der Waals surface area contributed by atoms with E-state index in [1.165, 1.54) is 7.11 Å². The number of halogens is 1. The first-order chi connectivity index (χ1) is 6.11. The molecule has 0 bridgehead atoms. The Morgan fingerprint density at radius 2 is 2.00 bits per heavy atom. The van der Waals surface area contributed by atoms with Crippen LogP contribution in [-0.2, 0) is 9.47 Å². The minimum atomic E-state index is -1.80. The molecule has 1 saturated heterocycles. The maximum absolute atomic E-state index is 13.1. The Morgan fingerprint density at radius 1 is 1.38 bits per heavy atom. The van der Waals surface area contributed by atoms with E-state index in [0.717, 1.165) is 0 Å². The summed E-state index contributed by atoms with van der Waals surface area (Å²) in [6.45, 7) is -0.495. The van der Waals surface area contributed by atoms with E-state index in [4.69, 9.17) is 14.9 Å². The fourth-order valence-corrected chi connectivity index (χ4v) is 1.23. The lowest BCUT2D eigenvalue weighted by Crippen LogP contribution is -2.57. The van der Waals surface area contributed by atoms with Crippen molar-refractivity contribution in [3.8, 4) is 0 Å². The van der Waals surface area contributed by atoms with E-state index in [2.05, 4.69) is 4.74 Å². The third kappa shape index (κ3) is 1.97. The van der Waals surface area contributed by atoms with Crippen LogP contribution in [0.15, 0.2) is 0 Å². The van der Waals surface area contributed by atoms with E-state index in [1.807, 2.05) is 0 Å². The fraction of sp³-hybridized carbons (Fsp3) is 1.00. The molecule has 0 aliphatic carbocycles. The second-order valence-electron chi connectivity index (χ2n) is 2.89. The second-order valence-corrected chi connectivity index (χ2v) is 2.89. The molecule has 5 atom stereocenters. The smallest absolute Gasteiger partial charge is 0.191 e. The number of aliphatic hydroxyl groups excluding tert-OH is 3. The van der Waals surface area contributed by atoms with Gasteiger partial charge in [-0.05, 0) is 0 Å². The van der Waals surface area contributed by atoms with Gasteiger partial charge in [0.1, 0.15) is 18.3 Å². The van der Waals surface area contributed by atoms with Crippen molar-refractivity contribution >= 4 is 0 Å². The standard InChI is InChI=1S/C7H13FO5/c1-12-7-4(8)6(11)5(10)3(2-9)13-7/h3-7,9-11H,2H2,1H3/t3-,4+,5-,6+,7+/m1/s1. The average Bonchev–Trinajstić information content (AvgIpc) is 2.15. The van der Waals surface area contributed by atoms with Crippen molar-refractivity contribution in [3.63, 3.8) is 0 Å². The molecule has 0 aromatic carbocycles. The molecule has 3 N–H and O–H groups in total. The molecule has 1 rings (SSSR count). The molecule has 0 aromatic heterocycles. The number of alkyl halides is 1. The summed E-state index contributed by atoms with van der Waals surface area (Å²) in [5.41, 5.74) is 0. The summed E-state index contributed by atoms with van der Waals surface area (Å²) in [7, 11) is 1.22. The zero-order valence-electron chi connectivity index (χ0n) is 7.13. The highest BCUT2D eigenvalue weighted by Gasteiger charge is 2.44. The van der Waals surface area contributed by atoms with Crippen LogP contribution in [0, 0.1) is 0 Å². The lowest BCUT2D eigenvalue weighted by molar-refractivity contribution is -0.279. The first kappa shape index (κ1) is 10.8. The maximum Gasteiger partial charge on any atom is 0.191 e. The molecule has 1 aliphatic rings. The highest BCUT2D eigenvalue weighted by molar-refractivity contribution is 4.88. The van der Waals surface area contributed by atoms with Gasteiger partial charge in [-0.3, -0.25) is 0 Å². The van der Waals surface area contributed by atoms with Crippen molar-refractivity contribution in [1.82, 2.24) is 0 Å². The fourth-order valence-electron chi connectivity index (χ4n) is 1.23. The molecule has 5 nitrogen and oxygen atoms in total. The molecule has 0 unspecified atom stereocenters. The SMILES string of the molecule is CO[C@H]1O[C@H](CO)[C@@H](O)[C@@H](O)[C@@H]1F. The van der Waals surface area contributed by atoms with E-state index in [1.54, 1.807) is 0 Å². The summed E-state index contributed by atoms with van der Waals surface area (Å²) in [6, 6.07) is 0. The van der Waals surface area contributed by atoms with Crippen molar-refractivity contribution in [2.75, 3.05) is 13.7 Å². The van der Waals surface area contributed by atoms with Gasteiger partial charge < -0.3 is 24.8 Å². The summed E-state index contributed by atoms with van der Waals surface area (Å²) < 4.78 is 22.5. The lowest BCUT2D eigenvalue weighted by Gasteiger charge is -2.37. The van der Waals surface area contributed by atoms with Gasteiger partial charge in [-0.15, -0.1) is 0 Å². The minimum Gasteiger partial charge on any atom is -0.394 e. The molecule has 0 radical (unpaired) electrons. The molecule has 0 spiro atoms. The van der Waals surface area contributed by atoms with Gasteiger partial charge in [0, 0.05) is 7.11 Å². The summed E-state index contributed by atoms with van der Waals surface area (Å²) in [5, 5.41) is 27.0. The Balaban J connectivity index is 2.66. The van der Waals surface area contributed by atoms with Gasteiger partial charge in [-0.25, -0.2) is 4.39 Å². The number of ether oxygens (including phenoxy) is 2. The van der Waals surface area contributed by atoms with Crippen LogP contribution in [0.25, 0.3) is 0 Å². The van der Waals surface area contributed by atoms with E-state index in [9.17, 15) is 9.50 Å². The molecule has 6 heteroatoms. The maximum atomic E-state index is 13.1. The third-order valence-corrected chi connectivity index (χ3v) is 2.04. The van der Waals surface area contributed by atoms with Gasteiger partial charge in [-0.1, -0.05) is 0 Å². The molecule has 0 saturated carbocycles. The van der Waals surface area contributed by atoms with Gasteiger partial charge in [0.25, 0.3) is 0 Å². The van der Waals surface area contributed by atoms with Crippen LogP contribution in [0.3, 0.4) is 0 Å². The number of rotatable bonds is 2. The van der Waals surface area contributed by atoms with Crippen LogP contribution < -0.4 is 0 Å². The number of hydrogen-bond donors (Lipinski definition) is 3. The van der Waals surface area contributed by atoms with Crippen LogP contribution >= 0.6 is 0 Å². The predicted octanol–water partition coefficient (Wildman–Crippen LogP) is -1.59. The van der Waals surface area contributed by atoms with Crippen LogP contribution in [0.2, 0.25) is 0 Å². The monoisotopic (exact) mass is 196 g/mol. The average molecular weight is 196 g/mol. The van der Waals surface area contributed by atoms with Crippen molar-refractivity contribution < 1.29 is 29.2 Å². The van der Waals surface area contributed by atoms with Crippen LogP contribution in [0.5, 0.6) is 0 Å². The highest BCUT2D eigenvalue weighted by Crippen LogP contribution is 2.23. The van der Waals surface area contributed by atoms with Gasteiger partial charge >= 0.3 is 0 Å². The Kier molecular flexibility index (Phi) is 3.57. The van der Waals surface area contributed by atoms with Crippen LogP contribution in [0.1, 0.15) is 0 Å². The van der Waals surface area contributed by atoms with Gasteiger partial charge in [0.15, 0.2) is 12.5 Å². The molecule has 0 aromatic rings. The van der Waals surface area contributed by atoms with Crippen LogP contribution in [-0.4, -0.2) is 59.8 Å². The topological polar surface area (TPSA) is 79.2 Å². The lowest BCUT2D eigenvalue weighted by atomic mass is 10.0. The van der Waals surface area contributed by atoms with Crippen molar-refractivity contribution in [2.45, 2.75) is 30.8 Å². The summed E-state index contributed by atoms with van der Waals surface area (Å²) in [5.74, 6) is 0. The Morgan fingerprint density at radius 3 is 2.46 bits per heavy atom. The first-order valence-electron chi connectivity index (χ1n) is 3.91. The van der Waals surface area contributed by atoms with Crippen molar-refractivity contribution in [1.29, 1.82) is 0 Å². The zero-order valence-corrected chi connectivity index (χ0v) is 7.13. The van der Waals surface area contributed by atoms with E-state index >= 15 is 0 Å². The second kappa shape index (κ2) is 4.30. The summed E-state index contributed by atoms with van der Waals surface area (Å²) >= 11 is 0. The number of hydrogen-bond acceptors (Lipinski definition) is 5. The minimum absolute atomic E-state index is 0.495. The van der Waals surface area contributed by atoms with Gasteiger partial charge in [-0.2, -0.15) is 0 Å². The normalized spacial score (nSPS) is 46.4. The Labute approximate surface area is 74.7 Å². The first-order valence-corrected chi connectivity index (χ1v) is 3.91. The quantitative estimate of drug-likeness (QED) is 0.496. The number of aliphatic hydroxyl groups is 3. The van der Waals surface area contributed by atoms with E-state index in [-0.39, 0.29) is 0 Å². The third-order valence-electron chi connectivity index (χ3n) is 2.04. The highest BCUT2D eigenvalue weighted by atomic mass is 19.1. The zero-order chi connectivity index (χ0) is 10.0. The molecule has 0 amide bonds. The summed E-state index contributed by atoms with van der Waals surface area (Å²) in [6.07, 6.45) is -7.06. The van der Waals surface area contributed by atoms with Gasteiger partial charge in [0.2, 0.25) is 0 Å². The van der Waals surface area contributed by atoms with Crippen molar-refractivity contribution in [3.05, 3.63) is 0 Å². The van der Waals surface area contributed by atoms with Crippen molar-refractivity contribution in [2.24, 2.45) is 0 Å². The Bertz CT molecular complexity index is 147. The predicted molar refractivity (Wildman–Crippen MR) is 39.7 cm³/mol. The molecule has 1 aliphatic heterocycles.